The lowest BCUT2D eigenvalue weighted by Gasteiger charge is -2.25. The SMILES string of the molecule is O=C1CCCCC1[C@@H](O)c1ccc(-c2ccccc2)cc1. The monoisotopic (exact) mass is 280 g/mol. The normalized spacial score (nSPS) is 20.2. The third kappa shape index (κ3) is 3.06. The van der Waals surface area contributed by atoms with Crippen LogP contribution in [0.3, 0.4) is 0 Å². The molecule has 0 radical (unpaired) electrons. The molecule has 0 aromatic heterocycles. The van der Waals surface area contributed by atoms with Crippen molar-refractivity contribution in [3.63, 3.8) is 0 Å². The van der Waals surface area contributed by atoms with E-state index in [0.717, 1.165) is 36.0 Å². The highest BCUT2D eigenvalue weighted by Crippen LogP contribution is 2.33. The molecule has 0 amide bonds. The van der Waals surface area contributed by atoms with Crippen molar-refractivity contribution in [2.75, 3.05) is 0 Å². The third-order valence-electron chi connectivity index (χ3n) is 4.34. The molecule has 0 spiro atoms. The van der Waals surface area contributed by atoms with Crippen LogP contribution in [0.4, 0.5) is 0 Å². The Bertz CT molecular complexity index is 601. The van der Waals surface area contributed by atoms with Crippen LogP contribution < -0.4 is 0 Å². The minimum atomic E-state index is -0.664. The number of rotatable bonds is 3. The molecule has 0 bridgehead atoms. The largest absolute Gasteiger partial charge is 0.388 e. The van der Waals surface area contributed by atoms with Crippen molar-refractivity contribution in [2.24, 2.45) is 5.92 Å². The van der Waals surface area contributed by atoms with Crippen molar-refractivity contribution in [1.82, 2.24) is 0 Å². The van der Waals surface area contributed by atoms with Gasteiger partial charge in [-0.25, -0.2) is 0 Å². The molecule has 3 rings (SSSR count). The zero-order chi connectivity index (χ0) is 14.7. The van der Waals surface area contributed by atoms with E-state index in [1.807, 2.05) is 42.5 Å². The van der Waals surface area contributed by atoms with Gasteiger partial charge in [-0.15, -0.1) is 0 Å². The van der Waals surface area contributed by atoms with Crippen molar-refractivity contribution in [1.29, 1.82) is 0 Å². The van der Waals surface area contributed by atoms with E-state index in [4.69, 9.17) is 0 Å². The van der Waals surface area contributed by atoms with E-state index >= 15 is 0 Å². The maximum Gasteiger partial charge on any atom is 0.138 e. The van der Waals surface area contributed by atoms with Crippen LogP contribution in [0, 0.1) is 5.92 Å². The fourth-order valence-corrected chi connectivity index (χ4v) is 3.08. The summed E-state index contributed by atoms with van der Waals surface area (Å²) in [5, 5.41) is 10.5. The topological polar surface area (TPSA) is 37.3 Å². The highest BCUT2D eigenvalue weighted by atomic mass is 16.3. The summed E-state index contributed by atoms with van der Waals surface area (Å²) >= 11 is 0. The number of carbonyl (C=O) groups is 1. The second-order valence-electron chi connectivity index (χ2n) is 5.75. The summed E-state index contributed by atoms with van der Waals surface area (Å²) in [5.41, 5.74) is 3.13. The summed E-state index contributed by atoms with van der Waals surface area (Å²) in [7, 11) is 0. The zero-order valence-electron chi connectivity index (χ0n) is 12.0. The summed E-state index contributed by atoms with van der Waals surface area (Å²) < 4.78 is 0. The van der Waals surface area contributed by atoms with Gasteiger partial charge in [0.25, 0.3) is 0 Å². The number of aliphatic hydroxyl groups excluding tert-OH is 1. The lowest BCUT2D eigenvalue weighted by Crippen LogP contribution is -2.25. The molecule has 2 aromatic rings. The summed E-state index contributed by atoms with van der Waals surface area (Å²) in [4.78, 5) is 11.9. The number of hydrogen-bond acceptors (Lipinski definition) is 2. The first-order chi connectivity index (χ1) is 10.3. The zero-order valence-corrected chi connectivity index (χ0v) is 12.0. The molecule has 0 aliphatic heterocycles. The molecule has 2 atom stereocenters. The molecule has 1 N–H and O–H groups in total. The fourth-order valence-electron chi connectivity index (χ4n) is 3.08. The van der Waals surface area contributed by atoms with Gasteiger partial charge in [-0.3, -0.25) is 4.79 Å². The first kappa shape index (κ1) is 14.0. The number of benzene rings is 2. The Morgan fingerprint density at radius 3 is 2.24 bits per heavy atom. The quantitative estimate of drug-likeness (QED) is 0.917. The maximum absolute atomic E-state index is 11.9. The molecule has 0 saturated heterocycles. The lowest BCUT2D eigenvalue weighted by molar-refractivity contribution is -0.128. The number of carbonyl (C=O) groups excluding carboxylic acids is 1. The summed E-state index contributed by atoms with van der Waals surface area (Å²) in [6.07, 6.45) is 2.76. The molecule has 1 unspecified atom stereocenters. The van der Waals surface area contributed by atoms with Gasteiger partial charge in [0.05, 0.1) is 6.10 Å². The molecular weight excluding hydrogens is 260 g/mol. The fraction of sp³-hybridized carbons (Fsp3) is 0.316. The molecule has 0 heterocycles. The molecule has 2 aromatic carbocycles. The van der Waals surface area contributed by atoms with E-state index in [1.165, 1.54) is 0 Å². The van der Waals surface area contributed by atoms with E-state index in [1.54, 1.807) is 0 Å². The van der Waals surface area contributed by atoms with Gasteiger partial charge in [0.1, 0.15) is 5.78 Å². The molecular formula is C19H20O2. The minimum absolute atomic E-state index is 0.209. The Morgan fingerprint density at radius 2 is 1.57 bits per heavy atom. The summed E-state index contributed by atoms with van der Waals surface area (Å²) in [6.45, 7) is 0. The van der Waals surface area contributed by atoms with E-state index in [2.05, 4.69) is 12.1 Å². The van der Waals surface area contributed by atoms with E-state index < -0.39 is 6.10 Å². The maximum atomic E-state index is 11.9. The van der Waals surface area contributed by atoms with Crippen LogP contribution in [-0.2, 0) is 4.79 Å². The Hall–Kier alpha value is -1.93. The average molecular weight is 280 g/mol. The standard InChI is InChI=1S/C19H20O2/c20-18-9-5-4-8-17(18)19(21)16-12-10-15(11-13-16)14-6-2-1-3-7-14/h1-3,6-7,10-13,17,19,21H,4-5,8-9H2/t17?,19-/m0/s1. The molecule has 1 aliphatic rings. The van der Waals surface area contributed by atoms with E-state index in [0.29, 0.717) is 6.42 Å². The number of aliphatic hydroxyl groups is 1. The molecule has 1 saturated carbocycles. The second-order valence-corrected chi connectivity index (χ2v) is 5.75. The van der Waals surface area contributed by atoms with Crippen LogP contribution in [0.5, 0.6) is 0 Å². The van der Waals surface area contributed by atoms with Gasteiger partial charge in [-0.2, -0.15) is 0 Å². The Balaban J connectivity index is 1.79. The Labute approximate surface area is 125 Å². The number of ketones is 1. The van der Waals surface area contributed by atoms with Gasteiger partial charge in [-0.1, -0.05) is 61.0 Å². The van der Waals surface area contributed by atoms with E-state index in [9.17, 15) is 9.90 Å². The minimum Gasteiger partial charge on any atom is -0.388 e. The Morgan fingerprint density at radius 1 is 0.905 bits per heavy atom. The van der Waals surface area contributed by atoms with Gasteiger partial charge in [0.2, 0.25) is 0 Å². The molecule has 1 fully saturated rings. The Kier molecular flexibility index (Phi) is 4.16. The first-order valence-electron chi connectivity index (χ1n) is 7.62. The van der Waals surface area contributed by atoms with Crippen LogP contribution in [0.25, 0.3) is 11.1 Å². The summed E-state index contributed by atoms with van der Waals surface area (Å²) in [6, 6.07) is 18.1. The summed E-state index contributed by atoms with van der Waals surface area (Å²) in [5.74, 6) is -0.0118. The van der Waals surface area contributed by atoms with Gasteiger partial charge < -0.3 is 5.11 Å². The van der Waals surface area contributed by atoms with Crippen molar-refractivity contribution >= 4 is 5.78 Å². The molecule has 2 nitrogen and oxygen atoms in total. The van der Waals surface area contributed by atoms with E-state index in [-0.39, 0.29) is 11.7 Å². The predicted molar refractivity (Wildman–Crippen MR) is 83.8 cm³/mol. The predicted octanol–water partition coefficient (Wildman–Crippen LogP) is 4.15. The van der Waals surface area contributed by atoms with Gasteiger partial charge >= 0.3 is 0 Å². The van der Waals surface area contributed by atoms with Crippen molar-refractivity contribution in [3.05, 3.63) is 60.2 Å². The van der Waals surface area contributed by atoms with Crippen molar-refractivity contribution in [2.45, 2.75) is 31.8 Å². The molecule has 108 valence electrons. The number of hydrogen-bond donors (Lipinski definition) is 1. The van der Waals surface area contributed by atoms with Crippen LogP contribution in [0.15, 0.2) is 54.6 Å². The molecule has 21 heavy (non-hydrogen) atoms. The highest BCUT2D eigenvalue weighted by molar-refractivity contribution is 5.82. The van der Waals surface area contributed by atoms with Crippen LogP contribution >= 0.6 is 0 Å². The average Bonchev–Trinajstić information content (AvgIpc) is 2.56. The first-order valence-corrected chi connectivity index (χ1v) is 7.62. The van der Waals surface area contributed by atoms with Gasteiger partial charge in [-0.05, 0) is 29.5 Å². The number of Topliss-reactive ketones (excluding diaryl/α,β-unsaturated/α-hetero) is 1. The van der Waals surface area contributed by atoms with Crippen LogP contribution in [-0.4, -0.2) is 10.9 Å². The third-order valence-corrected chi connectivity index (χ3v) is 4.34. The van der Waals surface area contributed by atoms with Gasteiger partial charge in [0.15, 0.2) is 0 Å². The molecule has 1 aliphatic carbocycles. The van der Waals surface area contributed by atoms with Crippen molar-refractivity contribution in [3.8, 4) is 11.1 Å². The van der Waals surface area contributed by atoms with Crippen molar-refractivity contribution < 1.29 is 9.90 Å². The van der Waals surface area contributed by atoms with Crippen LogP contribution in [0.2, 0.25) is 0 Å². The smallest absolute Gasteiger partial charge is 0.138 e. The molecule has 2 heteroatoms. The second kappa shape index (κ2) is 6.23. The van der Waals surface area contributed by atoms with Gasteiger partial charge in [0, 0.05) is 12.3 Å². The van der Waals surface area contributed by atoms with Crippen LogP contribution in [0.1, 0.15) is 37.4 Å². The lowest BCUT2D eigenvalue weighted by atomic mass is 9.81. The highest BCUT2D eigenvalue weighted by Gasteiger charge is 2.29.